The first-order chi connectivity index (χ1) is 14.2. The van der Waals surface area contributed by atoms with Crippen molar-refractivity contribution >= 4 is 11.9 Å². The molecule has 144 valence electrons. The number of ether oxygens (including phenoxy) is 1. The molecule has 0 aromatic heterocycles. The van der Waals surface area contributed by atoms with Crippen LogP contribution in [-0.4, -0.2) is 16.8 Å². The van der Waals surface area contributed by atoms with E-state index in [-0.39, 0.29) is 18.5 Å². The first-order valence-corrected chi connectivity index (χ1v) is 9.71. The Kier molecular flexibility index (Phi) is 4.09. The van der Waals surface area contributed by atoms with Gasteiger partial charge in [-0.1, -0.05) is 60.7 Å². The van der Waals surface area contributed by atoms with E-state index in [0.29, 0.717) is 17.9 Å². The van der Waals surface area contributed by atoms with Gasteiger partial charge in [0, 0.05) is 5.56 Å². The standard InChI is InChI=1S/C24H20N2O3/c27-22-24(15-14-17-8-4-6-12-20(17)24)25-23(28)26(22)16-18-9-5-7-13-21(18)29-19-10-2-1-3-11-19/h1-13H,14-16H2,(H,25,28)/t24-/m1/s1. The molecule has 3 aromatic rings. The lowest BCUT2D eigenvalue weighted by atomic mass is 9.92. The summed E-state index contributed by atoms with van der Waals surface area (Å²) in [7, 11) is 0. The predicted octanol–water partition coefficient (Wildman–Crippen LogP) is 4.37. The number of rotatable bonds is 4. The normalized spacial score (nSPS) is 20.1. The van der Waals surface area contributed by atoms with Gasteiger partial charge in [0.25, 0.3) is 5.91 Å². The zero-order valence-corrected chi connectivity index (χ0v) is 15.8. The highest BCUT2D eigenvalue weighted by Crippen LogP contribution is 2.42. The van der Waals surface area contributed by atoms with Crippen LogP contribution in [0.3, 0.4) is 0 Å². The molecule has 3 aromatic carbocycles. The maximum absolute atomic E-state index is 13.4. The van der Waals surface area contributed by atoms with E-state index in [9.17, 15) is 9.59 Å². The fraction of sp³-hybridized carbons (Fsp3) is 0.167. The Hall–Kier alpha value is -3.60. The van der Waals surface area contributed by atoms with Crippen molar-refractivity contribution in [1.82, 2.24) is 10.2 Å². The average Bonchev–Trinajstić information content (AvgIpc) is 3.23. The Morgan fingerprint density at radius 2 is 1.62 bits per heavy atom. The first-order valence-electron chi connectivity index (χ1n) is 9.71. The number of hydrogen-bond donors (Lipinski definition) is 1. The van der Waals surface area contributed by atoms with Gasteiger partial charge in [0.15, 0.2) is 0 Å². The van der Waals surface area contributed by atoms with Gasteiger partial charge < -0.3 is 10.1 Å². The average molecular weight is 384 g/mol. The molecule has 5 heteroatoms. The Morgan fingerprint density at radius 1 is 0.897 bits per heavy atom. The van der Waals surface area contributed by atoms with Crippen LogP contribution in [0.5, 0.6) is 11.5 Å². The number of nitrogens with one attached hydrogen (secondary N) is 1. The number of nitrogens with zero attached hydrogens (tertiary/aromatic N) is 1. The molecule has 1 aliphatic carbocycles. The Balaban J connectivity index is 1.44. The van der Waals surface area contributed by atoms with Gasteiger partial charge in [0.2, 0.25) is 0 Å². The molecule has 1 spiro atoms. The van der Waals surface area contributed by atoms with E-state index in [2.05, 4.69) is 5.32 Å². The highest BCUT2D eigenvalue weighted by molar-refractivity contribution is 6.08. The van der Waals surface area contributed by atoms with Gasteiger partial charge in [0.05, 0.1) is 6.54 Å². The molecule has 0 unspecified atom stereocenters. The lowest BCUT2D eigenvalue weighted by molar-refractivity contribution is -0.132. The van der Waals surface area contributed by atoms with E-state index in [0.717, 1.165) is 23.1 Å². The van der Waals surface area contributed by atoms with Crippen molar-refractivity contribution in [3.05, 3.63) is 95.6 Å². The Bertz CT molecular complexity index is 1100. The number of carbonyl (C=O) groups is 2. The summed E-state index contributed by atoms with van der Waals surface area (Å²) in [4.78, 5) is 27.5. The van der Waals surface area contributed by atoms with Crippen LogP contribution in [0.4, 0.5) is 4.79 Å². The SMILES string of the molecule is O=C1N[C@@]2(CCc3ccccc32)C(=O)N1Cc1ccccc1Oc1ccccc1. The first kappa shape index (κ1) is 17.5. The number of imide groups is 1. The third kappa shape index (κ3) is 2.86. The molecule has 1 N–H and O–H groups in total. The minimum atomic E-state index is -0.942. The summed E-state index contributed by atoms with van der Waals surface area (Å²) >= 11 is 0. The second kappa shape index (κ2) is 6.78. The predicted molar refractivity (Wildman–Crippen MR) is 108 cm³/mol. The van der Waals surface area contributed by atoms with Crippen LogP contribution >= 0.6 is 0 Å². The molecule has 3 amide bonds. The maximum atomic E-state index is 13.4. The van der Waals surface area contributed by atoms with Crippen LogP contribution < -0.4 is 10.1 Å². The van der Waals surface area contributed by atoms with E-state index in [1.807, 2.05) is 78.9 Å². The molecule has 29 heavy (non-hydrogen) atoms. The number of fused-ring (bicyclic) bond motifs is 2. The largest absolute Gasteiger partial charge is 0.457 e. The Morgan fingerprint density at radius 3 is 2.48 bits per heavy atom. The van der Waals surface area contributed by atoms with Crippen molar-refractivity contribution in [3.63, 3.8) is 0 Å². The number of aryl methyl sites for hydroxylation is 1. The molecular formula is C24H20N2O3. The van der Waals surface area contributed by atoms with Crippen LogP contribution in [0, 0.1) is 0 Å². The van der Waals surface area contributed by atoms with Crippen molar-refractivity contribution < 1.29 is 14.3 Å². The fourth-order valence-corrected chi connectivity index (χ4v) is 4.25. The summed E-state index contributed by atoms with van der Waals surface area (Å²) in [6.45, 7) is 0.164. The van der Waals surface area contributed by atoms with Crippen molar-refractivity contribution in [1.29, 1.82) is 0 Å². The van der Waals surface area contributed by atoms with Crippen LogP contribution in [0.25, 0.3) is 0 Å². The summed E-state index contributed by atoms with van der Waals surface area (Å²) in [6.07, 6.45) is 1.37. The number of amides is 3. The van der Waals surface area contributed by atoms with Gasteiger partial charge in [-0.15, -0.1) is 0 Å². The number of hydrogen-bond acceptors (Lipinski definition) is 3. The third-order valence-corrected chi connectivity index (χ3v) is 5.69. The second-order valence-corrected chi connectivity index (χ2v) is 7.41. The molecule has 0 radical (unpaired) electrons. The zero-order valence-electron chi connectivity index (χ0n) is 15.8. The second-order valence-electron chi connectivity index (χ2n) is 7.41. The molecule has 1 aliphatic heterocycles. The lowest BCUT2D eigenvalue weighted by Gasteiger charge is -2.22. The van der Waals surface area contributed by atoms with E-state index < -0.39 is 5.54 Å². The number of para-hydroxylation sites is 2. The summed E-state index contributed by atoms with van der Waals surface area (Å²) in [6, 6.07) is 24.4. The van der Waals surface area contributed by atoms with Crippen LogP contribution in [0.15, 0.2) is 78.9 Å². The van der Waals surface area contributed by atoms with E-state index in [4.69, 9.17) is 4.74 Å². The number of urea groups is 1. The smallest absolute Gasteiger partial charge is 0.325 e. The monoisotopic (exact) mass is 384 g/mol. The third-order valence-electron chi connectivity index (χ3n) is 5.69. The molecule has 0 saturated carbocycles. The van der Waals surface area contributed by atoms with Crippen LogP contribution in [-0.2, 0) is 23.3 Å². The quantitative estimate of drug-likeness (QED) is 0.680. The van der Waals surface area contributed by atoms with Gasteiger partial charge in [0.1, 0.15) is 17.0 Å². The van der Waals surface area contributed by atoms with Crippen LogP contribution in [0.1, 0.15) is 23.1 Å². The molecule has 5 rings (SSSR count). The van der Waals surface area contributed by atoms with Crippen molar-refractivity contribution in [3.8, 4) is 11.5 Å². The molecule has 1 heterocycles. The van der Waals surface area contributed by atoms with E-state index in [1.54, 1.807) is 0 Å². The highest BCUT2D eigenvalue weighted by Gasteiger charge is 2.55. The summed E-state index contributed by atoms with van der Waals surface area (Å²) in [5.74, 6) is 1.15. The summed E-state index contributed by atoms with van der Waals surface area (Å²) in [5, 5.41) is 2.97. The lowest BCUT2D eigenvalue weighted by Crippen LogP contribution is -2.41. The molecule has 5 nitrogen and oxygen atoms in total. The Labute approximate surface area is 168 Å². The number of benzene rings is 3. The van der Waals surface area contributed by atoms with E-state index in [1.165, 1.54) is 4.90 Å². The van der Waals surface area contributed by atoms with Gasteiger partial charge >= 0.3 is 6.03 Å². The number of carbonyl (C=O) groups excluding carboxylic acids is 2. The summed E-state index contributed by atoms with van der Waals surface area (Å²) in [5.41, 5.74) is 1.87. The summed E-state index contributed by atoms with van der Waals surface area (Å²) < 4.78 is 5.99. The van der Waals surface area contributed by atoms with Crippen molar-refractivity contribution in [2.75, 3.05) is 0 Å². The fourth-order valence-electron chi connectivity index (χ4n) is 4.25. The topological polar surface area (TPSA) is 58.6 Å². The van der Waals surface area contributed by atoms with Crippen molar-refractivity contribution in [2.45, 2.75) is 24.9 Å². The zero-order chi connectivity index (χ0) is 19.8. The minimum Gasteiger partial charge on any atom is -0.457 e. The van der Waals surface area contributed by atoms with Gasteiger partial charge in [-0.25, -0.2) is 4.79 Å². The van der Waals surface area contributed by atoms with Gasteiger partial charge in [-0.3, -0.25) is 9.69 Å². The van der Waals surface area contributed by atoms with E-state index >= 15 is 0 Å². The highest BCUT2D eigenvalue weighted by atomic mass is 16.5. The van der Waals surface area contributed by atoms with Crippen molar-refractivity contribution in [2.24, 2.45) is 0 Å². The van der Waals surface area contributed by atoms with Gasteiger partial charge in [-0.05, 0) is 42.2 Å². The molecular weight excluding hydrogens is 364 g/mol. The molecule has 1 atom stereocenters. The minimum absolute atomic E-state index is 0.164. The molecule has 2 aliphatic rings. The van der Waals surface area contributed by atoms with Gasteiger partial charge in [-0.2, -0.15) is 0 Å². The molecule has 1 saturated heterocycles. The van der Waals surface area contributed by atoms with Crippen LogP contribution in [0.2, 0.25) is 0 Å². The molecule has 1 fully saturated rings. The molecule has 0 bridgehead atoms. The maximum Gasteiger partial charge on any atom is 0.325 e.